The van der Waals surface area contributed by atoms with Gasteiger partial charge in [-0.15, -0.1) is 11.3 Å². The number of benzene rings is 1. The van der Waals surface area contributed by atoms with E-state index in [0.717, 1.165) is 11.4 Å². The minimum atomic E-state index is 0.716. The van der Waals surface area contributed by atoms with Gasteiger partial charge in [-0.1, -0.05) is 18.6 Å². The first-order valence-electron chi connectivity index (χ1n) is 6.07. The molecule has 1 aromatic heterocycles. The fraction of sp³-hybridized carbons (Fsp3) is 0.357. The average Bonchev–Trinajstić information content (AvgIpc) is 2.57. The lowest BCUT2D eigenvalue weighted by molar-refractivity contribution is 0.418. The Morgan fingerprint density at radius 1 is 1.35 bits per heavy atom. The van der Waals surface area contributed by atoms with Crippen LogP contribution in [-0.2, 0) is 0 Å². The van der Waals surface area contributed by atoms with Gasteiger partial charge in [0.15, 0.2) is 0 Å². The Labute approximate surface area is 106 Å². The molecule has 1 fully saturated rings. The van der Waals surface area contributed by atoms with Crippen molar-refractivity contribution in [2.24, 2.45) is 0 Å². The molecule has 2 N–H and O–H groups in total. The van der Waals surface area contributed by atoms with Crippen LogP contribution in [-0.4, -0.2) is 4.98 Å². The Bertz CT molecular complexity index is 541. The fourth-order valence-electron chi connectivity index (χ4n) is 2.19. The number of aromatic nitrogens is 1. The molecule has 0 spiro atoms. The van der Waals surface area contributed by atoms with E-state index in [-0.39, 0.29) is 0 Å². The molecule has 0 atom stereocenters. The Morgan fingerprint density at radius 2 is 2.18 bits per heavy atom. The summed E-state index contributed by atoms with van der Waals surface area (Å²) in [5.74, 6) is 0.716. The SMILES string of the molecule is Cc1nc(C2CCC2)sc1-c1cccc(N)c1. The zero-order chi connectivity index (χ0) is 11.8. The second kappa shape index (κ2) is 4.15. The van der Waals surface area contributed by atoms with Gasteiger partial charge >= 0.3 is 0 Å². The van der Waals surface area contributed by atoms with E-state index in [1.165, 1.54) is 34.7 Å². The molecular weight excluding hydrogens is 228 g/mol. The first-order valence-corrected chi connectivity index (χ1v) is 6.89. The number of nitrogens with two attached hydrogens (primary N) is 1. The smallest absolute Gasteiger partial charge is 0.0965 e. The van der Waals surface area contributed by atoms with Crippen LogP contribution >= 0.6 is 11.3 Å². The summed E-state index contributed by atoms with van der Waals surface area (Å²) < 4.78 is 0. The van der Waals surface area contributed by atoms with Crippen LogP contribution in [0.5, 0.6) is 0 Å². The molecule has 0 radical (unpaired) electrons. The fourth-order valence-corrected chi connectivity index (χ4v) is 3.43. The Balaban J connectivity index is 1.99. The molecule has 0 amide bonds. The van der Waals surface area contributed by atoms with Crippen LogP contribution in [0, 0.1) is 6.92 Å². The summed E-state index contributed by atoms with van der Waals surface area (Å²) in [5.41, 5.74) is 8.99. The Hall–Kier alpha value is -1.35. The quantitative estimate of drug-likeness (QED) is 0.812. The second-order valence-electron chi connectivity index (χ2n) is 4.72. The number of rotatable bonds is 2. The van der Waals surface area contributed by atoms with Gasteiger partial charge in [-0.2, -0.15) is 0 Å². The number of hydrogen-bond acceptors (Lipinski definition) is 3. The maximum atomic E-state index is 5.83. The summed E-state index contributed by atoms with van der Waals surface area (Å²) in [6.07, 6.45) is 3.98. The van der Waals surface area contributed by atoms with E-state index in [2.05, 4.69) is 13.0 Å². The molecule has 1 aliphatic carbocycles. The molecule has 0 aliphatic heterocycles. The van der Waals surface area contributed by atoms with Gasteiger partial charge in [0.05, 0.1) is 15.6 Å². The van der Waals surface area contributed by atoms with Gasteiger partial charge in [-0.05, 0) is 37.5 Å². The summed E-state index contributed by atoms with van der Waals surface area (Å²) in [4.78, 5) is 5.99. The second-order valence-corrected chi connectivity index (χ2v) is 5.75. The van der Waals surface area contributed by atoms with Crippen molar-refractivity contribution in [3.05, 3.63) is 35.0 Å². The van der Waals surface area contributed by atoms with E-state index in [1.54, 1.807) is 0 Å². The highest BCUT2D eigenvalue weighted by Crippen LogP contribution is 2.41. The van der Waals surface area contributed by atoms with Gasteiger partial charge in [0.25, 0.3) is 0 Å². The molecule has 0 unspecified atom stereocenters. The summed E-state index contributed by atoms with van der Waals surface area (Å²) >= 11 is 1.84. The topological polar surface area (TPSA) is 38.9 Å². The number of nitrogens with zero attached hydrogens (tertiary/aromatic N) is 1. The van der Waals surface area contributed by atoms with E-state index in [0.29, 0.717) is 5.92 Å². The van der Waals surface area contributed by atoms with Crippen molar-refractivity contribution in [3.8, 4) is 10.4 Å². The number of aryl methyl sites for hydroxylation is 1. The highest BCUT2D eigenvalue weighted by molar-refractivity contribution is 7.15. The number of thiazole rings is 1. The van der Waals surface area contributed by atoms with Gasteiger partial charge in [-0.3, -0.25) is 0 Å². The van der Waals surface area contributed by atoms with Crippen LogP contribution in [0.1, 0.15) is 35.9 Å². The Morgan fingerprint density at radius 3 is 2.82 bits per heavy atom. The van der Waals surface area contributed by atoms with E-state index >= 15 is 0 Å². The molecule has 2 nitrogen and oxygen atoms in total. The number of anilines is 1. The minimum Gasteiger partial charge on any atom is -0.399 e. The third-order valence-electron chi connectivity index (χ3n) is 3.42. The van der Waals surface area contributed by atoms with E-state index < -0.39 is 0 Å². The zero-order valence-electron chi connectivity index (χ0n) is 9.94. The van der Waals surface area contributed by atoms with Crippen molar-refractivity contribution in [2.45, 2.75) is 32.1 Å². The van der Waals surface area contributed by atoms with Gasteiger partial charge in [0.1, 0.15) is 0 Å². The van der Waals surface area contributed by atoms with Crippen LogP contribution in [0.25, 0.3) is 10.4 Å². The molecule has 1 aromatic carbocycles. The van der Waals surface area contributed by atoms with Crippen LogP contribution in [0.15, 0.2) is 24.3 Å². The summed E-state index contributed by atoms with van der Waals surface area (Å²) in [5, 5.41) is 1.31. The molecular formula is C14H16N2S. The largest absolute Gasteiger partial charge is 0.399 e. The first kappa shape index (κ1) is 10.8. The number of nitrogen functional groups attached to an aromatic ring is 1. The van der Waals surface area contributed by atoms with Crippen LogP contribution in [0.2, 0.25) is 0 Å². The summed E-state index contributed by atoms with van der Waals surface area (Å²) in [7, 11) is 0. The van der Waals surface area contributed by atoms with Crippen molar-refractivity contribution in [1.29, 1.82) is 0 Å². The molecule has 3 rings (SSSR count). The highest BCUT2D eigenvalue weighted by atomic mass is 32.1. The number of hydrogen-bond donors (Lipinski definition) is 1. The molecule has 2 aromatic rings. The lowest BCUT2D eigenvalue weighted by Crippen LogP contribution is -2.07. The molecule has 1 heterocycles. The van der Waals surface area contributed by atoms with Crippen LogP contribution in [0.4, 0.5) is 5.69 Å². The zero-order valence-corrected chi connectivity index (χ0v) is 10.8. The van der Waals surface area contributed by atoms with Crippen LogP contribution in [0.3, 0.4) is 0 Å². The van der Waals surface area contributed by atoms with Crippen molar-refractivity contribution >= 4 is 17.0 Å². The Kier molecular flexibility index (Phi) is 2.63. The average molecular weight is 244 g/mol. The monoisotopic (exact) mass is 244 g/mol. The molecule has 17 heavy (non-hydrogen) atoms. The molecule has 88 valence electrons. The maximum Gasteiger partial charge on any atom is 0.0965 e. The summed E-state index contributed by atoms with van der Waals surface area (Å²) in [6.45, 7) is 2.09. The van der Waals surface area contributed by atoms with E-state index in [4.69, 9.17) is 10.7 Å². The van der Waals surface area contributed by atoms with Crippen molar-refractivity contribution in [2.75, 3.05) is 5.73 Å². The van der Waals surface area contributed by atoms with Crippen LogP contribution < -0.4 is 5.73 Å². The molecule has 0 saturated heterocycles. The lowest BCUT2D eigenvalue weighted by atomic mass is 9.86. The third-order valence-corrected chi connectivity index (χ3v) is 4.79. The standard InChI is InChI=1S/C14H16N2S/c1-9-13(11-6-3-7-12(15)8-11)17-14(16-9)10-4-2-5-10/h3,6-8,10H,2,4-5,15H2,1H3. The molecule has 3 heteroatoms. The molecule has 1 aliphatic rings. The predicted molar refractivity (Wildman–Crippen MR) is 73.3 cm³/mol. The van der Waals surface area contributed by atoms with Crippen molar-refractivity contribution in [3.63, 3.8) is 0 Å². The van der Waals surface area contributed by atoms with E-state index in [9.17, 15) is 0 Å². The minimum absolute atomic E-state index is 0.716. The summed E-state index contributed by atoms with van der Waals surface area (Å²) in [6, 6.07) is 8.08. The van der Waals surface area contributed by atoms with Crippen molar-refractivity contribution in [1.82, 2.24) is 4.98 Å². The lowest BCUT2D eigenvalue weighted by Gasteiger charge is -2.22. The van der Waals surface area contributed by atoms with Gasteiger partial charge in [0.2, 0.25) is 0 Å². The predicted octanol–water partition coefficient (Wildman–Crippen LogP) is 3.97. The maximum absolute atomic E-state index is 5.83. The third kappa shape index (κ3) is 1.95. The molecule has 0 bridgehead atoms. The highest BCUT2D eigenvalue weighted by Gasteiger charge is 2.24. The normalized spacial score (nSPS) is 15.8. The first-order chi connectivity index (χ1) is 8.24. The molecule has 1 saturated carbocycles. The van der Waals surface area contributed by atoms with Gasteiger partial charge in [0, 0.05) is 11.6 Å². The van der Waals surface area contributed by atoms with Gasteiger partial charge < -0.3 is 5.73 Å². The van der Waals surface area contributed by atoms with E-state index in [1.807, 2.05) is 29.5 Å². The van der Waals surface area contributed by atoms with Gasteiger partial charge in [-0.25, -0.2) is 4.98 Å². The van der Waals surface area contributed by atoms with Crippen molar-refractivity contribution < 1.29 is 0 Å².